The number of benzene rings is 8. The maximum Gasteiger partial charge on any atom is 0.0437 e. The fraction of sp³-hybridized carbons (Fsp3) is 0.0600. The van der Waals surface area contributed by atoms with Crippen molar-refractivity contribution < 1.29 is 0 Å². The molecule has 0 amide bonds. The van der Waals surface area contributed by atoms with E-state index in [1.165, 1.54) is 103 Å². The van der Waals surface area contributed by atoms with Crippen molar-refractivity contribution in [1.82, 2.24) is 4.98 Å². The zero-order valence-corrected chi connectivity index (χ0v) is 29.8. The predicted molar refractivity (Wildman–Crippen MR) is 224 cm³/mol. The molecule has 0 unspecified atom stereocenters. The van der Waals surface area contributed by atoms with Crippen LogP contribution in [0.5, 0.6) is 0 Å². The molecule has 2 heteroatoms. The molecule has 2 aromatic heterocycles. The van der Waals surface area contributed by atoms with Crippen LogP contribution in [0.25, 0.3) is 97.0 Å². The maximum atomic E-state index is 4.37. The summed E-state index contributed by atoms with van der Waals surface area (Å²) in [6.45, 7) is 4.81. The summed E-state index contributed by atoms with van der Waals surface area (Å²) in [7, 11) is 0. The number of hydrogen-bond acceptors (Lipinski definition) is 2. The summed E-state index contributed by atoms with van der Waals surface area (Å²) < 4.78 is 2.70. The Morgan fingerprint density at radius 3 is 1.87 bits per heavy atom. The first-order valence-corrected chi connectivity index (χ1v) is 18.8. The lowest BCUT2D eigenvalue weighted by molar-refractivity contribution is 0.661. The number of hydrogen-bond donors (Lipinski definition) is 0. The summed E-state index contributed by atoms with van der Waals surface area (Å²) in [5.41, 5.74) is 12.9. The van der Waals surface area contributed by atoms with E-state index in [9.17, 15) is 0 Å². The second kappa shape index (κ2) is 11.0. The summed E-state index contributed by atoms with van der Waals surface area (Å²) in [6.07, 6.45) is 3.79. The van der Waals surface area contributed by atoms with Gasteiger partial charge in [0.05, 0.1) is 0 Å². The van der Waals surface area contributed by atoms with Gasteiger partial charge in [-0.05, 0) is 95.0 Å². The molecule has 8 aromatic carbocycles. The first-order chi connectivity index (χ1) is 25.6. The van der Waals surface area contributed by atoms with Gasteiger partial charge in [-0.25, -0.2) is 0 Å². The Bertz CT molecular complexity index is 3030. The number of aromatic nitrogens is 1. The SMILES string of the molecule is CC1(C)c2cc(-c3c4ccccc4c(-c4cccc5ccccc45)c4ccccc34)ccc2-c2c1ccc1c2sc2cc(-c3cccnc3)ccc21. The van der Waals surface area contributed by atoms with Crippen molar-refractivity contribution in [2.24, 2.45) is 0 Å². The van der Waals surface area contributed by atoms with Crippen LogP contribution in [0.3, 0.4) is 0 Å². The molecule has 1 aliphatic carbocycles. The largest absolute Gasteiger partial charge is 0.264 e. The summed E-state index contributed by atoms with van der Waals surface area (Å²) in [5.74, 6) is 0. The van der Waals surface area contributed by atoms with E-state index in [-0.39, 0.29) is 5.41 Å². The Hall–Kier alpha value is -6.09. The van der Waals surface area contributed by atoms with E-state index in [1.54, 1.807) is 0 Å². The standard InChI is InChI=1S/C50H33NS/c1-50(2)43-25-24-41-35-22-20-31(33-13-10-26-51-29-33)28-45(35)52-49(41)48(43)42-23-21-32(27-44(42)50)46-37-15-5-7-17-39(37)47(40-18-8-6-16-38(40)46)36-19-9-12-30-11-3-4-14-34(30)36/h3-29H,1-2H3. The summed E-state index contributed by atoms with van der Waals surface area (Å²) >= 11 is 1.92. The first-order valence-electron chi connectivity index (χ1n) is 18.0. The highest BCUT2D eigenvalue weighted by atomic mass is 32.1. The Morgan fingerprint density at radius 2 is 1.12 bits per heavy atom. The molecule has 0 radical (unpaired) electrons. The monoisotopic (exact) mass is 679 g/mol. The molecule has 0 N–H and O–H groups in total. The van der Waals surface area contributed by atoms with Gasteiger partial charge in [0.2, 0.25) is 0 Å². The van der Waals surface area contributed by atoms with Crippen molar-refractivity contribution in [3.8, 4) is 44.5 Å². The van der Waals surface area contributed by atoms with Gasteiger partial charge in [-0.15, -0.1) is 11.3 Å². The molecule has 0 atom stereocenters. The van der Waals surface area contributed by atoms with E-state index in [4.69, 9.17) is 0 Å². The first kappa shape index (κ1) is 29.6. The molecular formula is C50H33NS. The summed E-state index contributed by atoms with van der Waals surface area (Å²) in [5, 5.41) is 10.3. The lowest BCUT2D eigenvalue weighted by Gasteiger charge is -2.23. The number of fused-ring (bicyclic) bond motifs is 10. The van der Waals surface area contributed by atoms with Crippen LogP contribution >= 0.6 is 11.3 Å². The van der Waals surface area contributed by atoms with Crippen LogP contribution in [-0.2, 0) is 5.41 Å². The van der Waals surface area contributed by atoms with Gasteiger partial charge < -0.3 is 0 Å². The zero-order valence-electron chi connectivity index (χ0n) is 28.9. The molecule has 11 rings (SSSR count). The van der Waals surface area contributed by atoms with E-state index < -0.39 is 0 Å². The van der Waals surface area contributed by atoms with E-state index in [2.05, 4.69) is 164 Å². The number of nitrogens with zero attached hydrogens (tertiary/aromatic N) is 1. The number of pyridine rings is 1. The molecule has 52 heavy (non-hydrogen) atoms. The highest BCUT2D eigenvalue weighted by molar-refractivity contribution is 7.26. The Kier molecular flexibility index (Phi) is 6.24. The van der Waals surface area contributed by atoms with Crippen LogP contribution in [0.15, 0.2) is 164 Å². The van der Waals surface area contributed by atoms with Crippen molar-refractivity contribution >= 4 is 63.8 Å². The second-order valence-corrected chi connectivity index (χ2v) is 15.7. The molecule has 0 aliphatic heterocycles. The van der Waals surface area contributed by atoms with Crippen molar-refractivity contribution in [2.75, 3.05) is 0 Å². The van der Waals surface area contributed by atoms with Crippen LogP contribution in [0.1, 0.15) is 25.0 Å². The molecule has 244 valence electrons. The van der Waals surface area contributed by atoms with Gasteiger partial charge in [0, 0.05) is 49.1 Å². The third-order valence-electron chi connectivity index (χ3n) is 11.6. The van der Waals surface area contributed by atoms with Gasteiger partial charge in [0.15, 0.2) is 0 Å². The third kappa shape index (κ3) is 4.13. The smallest absolute Gasteiger partial charge is 0.0437 e. The minimum Gasteiger partial charge on any atom is -0.264 e. The van der Waals surface area contributed by atoms with Gasteiger partial charge >= 0.3 is 0 Å². The molecule has 0 bridgehead atoms. The molecule has 1 nitrogen and oxygen atoms in total. The lowest BCUT2D eigenvalue weighted by atomic mass is 9.80. The normalized spacial score (nSPS) is 13.3. The van der Waals surface area contributed by atoms with Gasteiger partial charge in [-0.3, -0.25) is 4.98 Å². The Balaban J connectivity index is 1.14. The third-order valence-corrected chi connectivity index (χ3v) is 12.7. The van der Waals surface area contributed by atoms with Gasteiger partial charge in [0.25, 0.3) is 0 Å². The molecule has 10 aromatic rings. The van der Waals surface area contributed by atoms with Gasteiger partial charge in [-0.1, -0.05) is 147 Å². The molecular weight excluding hydrogens is 647 g/mol. The van der Waals surface area contributed by atoms with E-state index in [0.717, 1.165) is 5.56 Å². The fourth-order valence-electron chi connectivity index (χ4n) is 9.09. The van der Waals surface area contributed by atoms with Crippen LogP contribution in [0, 0.1) is 0 Å². The van der Waals surface area contributed by atoms with E-state index in [1.807, 2.05) is 29.8 Å². The van der Waals surface area contributed by atoms with Crippen LogP contribution in [-0.4, -0.2) is 4.98 Å². The Labute approximate surface area is 306 Å². The second-order valence-electron chi connectivity index (χ2n) is 14.7. The highest BCUT2D eigenvalue weighted by Gasteiger charge is 2.37. The minimum atomic E-state index is -0.138. The average Bonchev–Trinajstić information content (AvgIpc) is 3.68. The summed E-state index contributed by atoms with van der Waals surface area (Å²) in [4.78, 5) is 4.37. The molecule has 0 saturated carbocycles. The van der Waals surface area contributed by atoms with Crippen molar-refractivity contribution in [3.63, 3.8) is 0 Å². The fourth-order valence-corrected chi connectivity index (χ4v) is 10.4. The molecule has 0 fully saturated rings. The maximum absolute atomic E-state index is 4.37. The van der Waals surface area contributed by atoms with E-state index in [0.29, 0.717) is 0 Å². The number of rotatable bonds is 3. The van der Waals surface area contributed by atoms with Gasteiger partial charge in [-0.2, -0.15) is 0 Å². The Morgan fingerprint density at radius 1 is 0.442 bits per heavy atom. The van der Waals surface area contributed by atoms with Crippen LogP contribution in [0.4, 0.5) is 0 Å². The summed E-state index contributed by atoms with van der Waals surface area (Å²) in [6, 6.07) is 56.5. The molecule has 2 heterocycles. The molecule has 1 aliphatic rings. The van der Waals surface area contributed by atoms with Gasteiger partial charge in [0.1, 0.15) is 0 Å². The quantitative estimate of drug-likeness (QED) is 0.169. The average molecular weight is 680 g/mol. The highest BCUT2D eigenvalue weighted by Crippen LogP contribution is 2.55. The van der Waals surface area contributed by atoms with Crippen molar-refractivity contribution in [3.05, 3.63) is 175 Å². The van der Waals surface area contributed by atoms with E-state index >= 15 is 0 Å². The predicted octanol–water partition coefficient (Wildman–Crippen LogP) is 14.2. The zero-order chi connectivity index (χ0) is 34.6. The van der Waals surface area contributed by atoms with Crippen molar-refractivity contribution in [2.45, 2.75) is 19.3 Å². The van der Waals surface area contributed by atoms with Crippen molar-refractivity contribution in [1.29, 1.82) is 0 Å². The molecule has 0 spiro atoms. The topological polar surface area (TPSA) is 12.9 Å². The minimum absolute atomic E-state index is 0.138. The lowest BCUT2D eigenvalue weighted by Crippen LogP contribution is -2.15. The number of thiophene rings is 1. The van der Waals surface area contributed by atoms with Crippen LogP contribution < -0.4 is 0 Å². The molecule has 0 saturated heterocycles. The van der Waals surface area contributed by atoms with Crippen LogP contribution in [0.2, 0.25) is 0 Å².